The zero-order valence-electron chi connectivity index (χ0n) is 12.9. The zero-order chi connectivity index (χ0) is 14.1. The van der Waals surface area contributed by atoms with Crippen molar-refractivity contribution in [1.29, 1.82) is 0 Å². The molecule has 2 aromatic rings. The predicted octanol–water partition coefficient (Wildman–Crippen LogP) is 4.66. The van der Waals surface area contributed by atoms with Crippen molar-refractivity contribution < 1.29 is 0 Å². The summed E-state index contributed by atoms with van der Waals surface area (Å²) in [5.41, 5.74) is 4.15. The number of hydrogen-bond donors (Lipinski definition) is 0. The molecule has 0 saturated carbocycles. The van der Waals surface area contributed by atoms with Crippen LogP contribution in [0.2, 0.25) is 0 Å². The molecule has 0 aromatic heterocycles. The van der Waals surface area contributed by atoms with E-state index < -0.39 is 0 Å². The molecule has 1 atom stereocenters. The Hall–Kier alpha value is -1.31. The van der Waals surface area contributed by atoms with Crippen molar-refractivity contribution >= 4 is 12.4 Å². The molecule has 3 heterocycles. The van der Waals surface area contributed by atoms with Gasteiger partial charge in [0.2, 0.25) is 0 Å². The van der Waals surface area contributed by atoms with Gasteiger partial charge in [-0.25, -0.2) is 0 Å². The highest BCUT2D eigenvalue weighted by Crippen LogP contribution is 2.34. The van der Waals surface area contributed by atoms with E-state index in [0.717, 1.165) is 11.8 Å². The fraction of sp³-hybridized carbons (Fsp3) is 0.400. The van der Waals surface area contributed by atoms with Crippen molar-refractivity contribution in [3.05, 3.63) is 60.2 Å². The molecule has 2 heteroatoms. The number of piperidine rings is 3. The Bertz CT molecular complexity index is 585. The SMILES string of the molecule is Cl.c1ccc(-c2ccc(CC3CN4CCC3CC4)cc2)cc1. The molecular weight excluding hydrogens is 290 g/mol. The lowest BCUT2D eigenvalue weighted by molar-refractivity contribution is 0.0512. The van der Waals surface area contributed by atoms with Gasteiger partial charge in [-0.1, -0.05) is 54.6 Å². The van der Waals surface area contributed by atoms with Crippen LogP contribution in [0.15, 0.2) is 54.6 Å². The maximum absolute atomic E-state index is 2.66. The van der Waals surface area contributed by atoms with Crippen molar-refractivity contribution in [2.75, 3.05) is 19.6 Å². The summed E-state index contributed by atoms with van der Waals surface area (Å²) in [6.07, 6.45) is 4.11. The molecule has 0 amide bonds. The van der Waals surface area contributed by atoms with Crippen molar-refractivity contribution in [1.82, 2.24) is 4.90 Å². The van der Waals surface area contributed by atoms with Crippen LogP contribution in [-0.2, 0) is 6.42 Å². The van der Waals surface area contributed by atoms with E-state index in [9.17, 15) is 0 Å². The minimum atomic E-state index is 0. The van der Waals surface area contributed by atoms with E-state index in [1.54, 1.807) is 0 Å². The van der Waals surface area contributed by atoms with Crippen molar-refractivity contribution in [2.45, 2.75) is 19.3 Å². The first kappa shape index (κ1) is 15.6. The van der Waals surface area contributed by atoms with Crippen LogP contribution in [0.25, 0.3) is 11.1 Å². The van der Waals surface area contributed by atoms with Crippen LogP contribution in [0.4, 0.5) is 0 Å². The summed E-state index contributed by atoms with van der Waals surface area (Å²) in [7, 11) is 0. The molecule has 0 N–H and O–H groups in total. The lowest BCUT2D eigenvalue weighted by atomic mass is 9.76. The van der Waals surface area contributed by atoms with Crippen molar-refractivity contribution in [2.24, 2.45) is 11.8 Å². The highest BCUT2D eigenvalue weighted by molar-refractivity contribution is 5.85. The lowest BCUT2D eigenvalue weighted by Gasteiger charge is -2.45. The predicted molar refractivity (Wildman–Crippen MR) is 95.5 cm³/mol. The Kier molecular flexibility index (Phi) is 4.85. The minimum Gasteiger partial charge on any atom is -0.303 e. The van der Waals surface area contributed by atoms with Crippen molar-refractivity contribution in [3.8, 4) is 11.1 Å². The summed E-state index contributed by atoms with van der Waals surface area (Å²) in [6, 6.07) is 19.9. The number of nitrogens with zero attached hydrogens (tertiary/aromatic N) is 1. The van der Waals surface area contributed by atoms with Gasteiger partial charge < -0.3 is 4.90 Å². The number of halogens is 1. The molecule has 3 aliphatic rings. The molecule has 2 bridgehead atoms. The fourth-order valence-corrected chi connectivity index (χ4v) is 4.09. The second-order valence-electron chi connectivity index (χ2n) is 6.67. The average molecular weight is 314 g/mol. The Labute approximate surface area is 139 Å². The fourth-order valence-electron chi connectivity index (χ4n) is 4.09. The molecule has 22 heavy (non-hydrogen) atoms. The Balaban J connectivity index is 0.00000144. The molecule has 3 fully saturated rings. The Morgan fingerprint density at radius 3 is 2.05 bits per heavy atom. The summed E-state index contributed by atoms with van der Waals surface area (Å²) in [5.74, 6) is 1.86. The number of hydrogen-bond acceptors (Lipinski definition) is 1. The maximum Gasteiger partial charge on any atom is 0.00155 e. The van der Waals surface area contributed by atoms with E-state index in [1.807, 2.05) is 0 Å². The Morgan fingerprint density at radius 2 is 1.45 bits per heavy atom. The van der Waals surface area contributed by atoms with Crippen LogP contribution in [0, 0.1) is 11.8 Å². The summed E-state index contributed by atoms with van der Waals surface area (Å²) in [5, 5.41) is 0. The van der Waals surface area contributed by atoms with Crippen LogP contribution in [0.3, 0.4) is 0 Å². The van der Waals surface area contributed by atoms with Gasteiger partial charge in [-0.05, 0) is 60.9 Å². The van der Waals surface area contributed by atoms with Crippen LogP contribution < -0.4 is 0 Å². The van der Waals surface area contributed by atoms with Gasteiger partial charge in [0.25, 0.3) is 0 Å². The van der Waals surface area contributed by atoms with E-state index in [2.05, 4.69) is 59.5 Å². The molecule has 0 radical (unpaired) electrons. The molecule has 3 aliphatic heterocycles. The normalized spacial score (nSPS) is 26.5. The summed E-state index contributed by atoms with van der Waals surface area (Å²) < 4.78 is 0. The van der Waals surface area contributed by atoms with E-state index >= 15 is 0 Å². The first-order chi connectivity index (χ1) is 10.4. The largest absolute Gasteiger partial charge is 0.303 e. The highest BCUT2D eigenvalue weighted by atomic mass is 35.5. The molecule has 0 aliphatic carbocycles. The molecule has 5 rings (SSSR count). The summed E-state index contributed by atoms with van der Waals surface area (Å²) in [4.78, 5) is 2.66. The maximum atomic E-state index is 2.66. The topological polar surface area (TPSA) is 3.24 Å². The van der Waals surface area contributed by atoms with Gasteiger partial charge in [0, 0.05) is 6.54 Å². The second-order valence-corrected chi connectivity index (χ2v) is 6.67. The van der Waals surface area contributed by atoms with Gasteiger partial charge in [0.05, 0.1) is 0 Å². The number of benzene rings is 2. The monoisotopic (exact) mass is 313 g/mol. The van der Waals surface area contributed by atoms with Crippen LogP contribution in [0.1, 0.15) is 18.4 Å². The molecule has 116 valence electrons. The molecule has 2 aromatic carbocycles. The quantitative estimate of drug-likeness (QED) is 0.796. The van der Waals surface area contributed by atoms with E-state index in [4.69, 9.17) is 0 Å². The lowest BCUT2D eigenvalue weighted by Crippen LogP contribution is -2.48. The van der Waals surface area contributed by atoms with E-state index in [0.29, 0.717) is 0 Å². The van der Waals surface area contributed by atoms with Crippen LogP contribution in [-0.4, -0.2) is 24.5 Å². The van der Waals surface area contributed by atoms with E-state index in [1.165, 1.54) is 55.6 Å². The molecule has 1 nitrogen and oxygen atoms in total. The van der Waals surface area contributed by atoms with Crippen LogP contribution >= 0.6 is 12.4 Å². The van der Waals surface area contributed by atoms with Gasteiger partial charge in [-0.3, -0.25) is 0 Å². The molecule has 1 unspecified atom stereocenters. The first-order valence-corrected chi connectivity index (χ1v) is 8.25. The summed E-state index contributed by atoms with van der Waals surface area (Å²) in [6.45, 7) is 4.01. The van der Waals surface area contributed by atoms with Gasteiger partial charge in [0.1, 0.15) is 0 Å². The van der Waals surface area contributed by atoms with Gasteiger partial charge >= 0.3 is 0 Å². The Morgan fingerprint density at radius 1 is 0.818 bits per heavy atom. The molecular formula is C20H24ClN. The zero-order valence-corrected chi connectivity index (χ0v) is 13.8. The van der Waals surface area contributed by atoms with E-state index in [-0.39, 0.29) is 12.4 Å². The van der Waals surface area contributed by atoms with Gasteiger partial charge in [-0.2, -0.15) is 0 Å². The number of rotatable bonds is 3. The standard InChI is InChI=1S/C20H23N.ClH/c1-2-4-17(5-3-1)18-8-6-16(7-9-18)14-20-15-21-12-10-19(20)11-13-21;/h1-9,19-20H,10-15H2;1H. The first-order valence-electron chi connectivity index (χ1n) is 8.25. The van der Waals surface area contributed by atoms with Gasteiger partial charge in [-0.15, -0.1) is 12.4 Å². The third kappa shape index (κ3) is 3.21. The highest BCUT2D eigenvalue weighted by Gasteiger charge is 2.33. The summed E-state index contributed by atoms with van der Waals surface area (Å²) >= 11 is 0. The van der Waals surface area contributed by atoms with Crippen LogP contribution in [0.5, 0.6) is 0 Å². The third-order valence-corrected chi connectivity index (χ3v) is 5.35. The average Bonchev–Trinajstić information content (AvgIpc) is 2.57. The molecule has 0 spiro atoms. The van der Waals surface area contributed by atoms with Gasteiger partial charge in [0.15, 0.2) is 0 Å². The number of fused-ring (bicyclic) bond motifs is 3. The third-order valence-electron chi connectivity index (χ3n) is 5.35. The van der Waals surface area contributed by atoms with Crippen molar-refractivity contribution in [3.63, 3.8) is 0 Å². The molecule has 3 saturated heterocycles. The minimum absolute atomic E-state index is 0. The smallest absolute Gasteiger partial charge is 0.00155 e. The second kappa shape index (κ2) is 6.85.